The van der Waals surface area contributed by atoms with Crippen LogP contribution in [0.1, 0.15) is 16.7 Å². The van der Waals surface area contributed by atoms with Gasteiger partial charge in [-0.25, -0.2) is 0 Å². The third-order valence-corrected chi connectivity index (χ3v) is 7.30. The molecule has 1 aliphatic carbocycles. The summed E-state index contributed by atoms with van der Waals surface area (Å²) in [5.41, 5.74) is 7.91. The highest BCUT2D eigenvalue weighted by Gasteiger charge is 2.32. The van der Waals surface area contributed by atoms with Gasteiger partial charge in [0.05, 0.1) is 11.8 Å². The molecule has 4 aromatic carbocycles. The molecule has 1 aliphatic heterocycles. The van der Waals surface area contributed by atoms with Crippen molar-refractivity contribution < 1.29 is 12.6 Å². The summed E-state index contributed by atoms with van der Waals surface area (Å²) in [5, 5.41) is 8.27. The van der Waals surface area contributed by atoms with Gasteiger partial charge in [-0.3, -0.25) is 0 Å². The number of hydrazone groups is 1. The predicted molar refractivity (Wildman–Crippen MR) is 134 cm³/mol. The van der Waals surface area contributed by atoms with E-state index in [9.17, 15) is 8.42 Å². The zero-order valence-corrected chi connectivity index (χ0v) is 19.2. The van der Waals surface area contributed by atoms with Crippen LogP contribution in [-0.2, 0) is 10.1 Å². The molecule has 6 rings (SSSR count). The first-order valence-electron chi connectivity index (χ1n) is 10.9. The highest BCUT2D eigenvalue weighted by atomic mass is 32.2. The molecule has 0 bridgehead atoms. The van der Waals surface area contributed by atoms with Gasteiger partial charge < -0.3 is 4.18 Å². The summed E-state index contributed by atoms with van der Waals surface area (Å²) < 4.78 is 32.0. The maximum Gasteiger partial charge on any atom is 0.339 e. The van der Waals surface area contributed by atoms with E-state index < -0.39 is 10.1 Å². The minimum atomic E-state index is -4.04. The molecule has 6 nitrogen and oxygen atoms in total. The fourth-order valence-electron chi connectivity index (χ4n) is 4.33. The predicted octanol–water partition coefficient (Wildman–Crippen LogP) is 5.04. The highest BCUT2D eigenvalue weighted by Crippen LogP contribution is 2.39. The molecular weight excluding hydrogens is 446 g/mol. The number of nitrogens with zero attached hydrogens (tertiary/aromatic N) is 2. The van der Waals surface area contributed by atoms with Crippen LogP contribution >= 0.6 is 0 Å². The molecular formula is C27H21N3O3S. The van der Waals surface area contributed by atoms with Gasteiger partial charge in [-0.2, -0.15) is 24.1 Å². The molecule has 7 heteroatoms. The quantitative estimate of drug-likeness (QED) is 0.426. The Balaban J connectivity index is 1.47. The number of rotatable bonds is 4. The van der Waals surface area contributed by atoms with E-state index in [1.807, 2.05) is 61.5 Å². The lowest BCUT2D eigenvalue weighted by Gasteiger charge is -2.21. The van der Waals surface area contributed by atoms with Crippen molar-refractivity contribution >= 4 is 38.4 Å². The zero-order chi connectivity index (χ0) is 23.3. The topological polar surface area (TPSA) is 71.0 Å². The van der Waals surface area contributed by atoms with Crippen LogP contribution in [-0.4, -0.2) is 20.2 Å². The largest absolute Gasteiger partial charge is 0.377 e. The van der Waals surface area contributed by atoms with Crippen LogP contribution < -0.4 is 14.7 Å². The van der Waals surface area contributed by atoms with Gasteiger partial charge >= 0.3 is 10.1 Å². The molecule has 34 heavy (non-hydrogen) atoms. The maximum absolute atomic E-state index is 13.1. The average Bonchev–Trinajstić information content (AvgIpc) is 3.28. The summed E-state index contributed by atoms with van der Waals surface area (Å²) in [7, 11) is -4.04. The molecule has 1 N–H and O–H groups in total. The summed E-state index contributed by atoms with van der Waals surface area (Å²) in [4.78, 5) is 0.100. The number of hydrogen-bond acceptors (Lipinski definition) is 6. The summed E-state index contributed by atoms with van der Waals surface area (Å²) in [6.45, 7) is 1.91. The van der Waals surface area contributed by atoms with Crippen molar-refractivity contribution in [3.05, 3.63) is 108 Å². The van der Waals surface area contributed by atoms with Gasteiger partial charge in [-0.15, -0.1) is 0 Å². The fourth-order valence-corrected chi connectivity index (χ4v) is 5.27. The van der Waals surface area contributed by atoms with Crippen molar-refractivity contribution in [2.45, 2.75) is 17.9 Å². The molecule has 0 amide bonds. The second kappa shape index (κ2) is 7.83. The summed E-state index contributed by atoms with van der Waals surface area (Å²) in [6, 6.07) is 25.8. The molecule has 2 aliphatic rings. The first-order valence-corrected chi connectivity index (χ1v) is 12.4. The van der Waals surface area contributed by atoms with Crippen LogP contribution in [0.15, 0.2) is 101 Å². The molecule has 1 atom stereocenters. The lowest BCUT2D eigenvalue weighted by Crippen LogP contribution is -2.38. The monoisotopic (exact) mass is 467 g/mol. The molecule has 4 aromatic rings. The van der Waals surface area contributed by atoms with Crippen molar-refractivity contribution in [3.63, 3.8) is 0 Å². The molecule has 0 saturated heterocycles. The average molecular weight is 468 g/mol. The number of anilines is 1. The van der Waals surface area contributed by atoms with E-state index >= 15 is 0 Å². The van der Waals surface area contributed by atoms with Crippen molar-refractivity contribution in [3.8, 4) is 5.75 Å². The Labute approximate surface area is 197 Å². The normalized spacial score (nSPS) is 16.8. The lowest BCUT2D eigenvalue weighted by molar-refractivity contribution is 0.485. The van der Waals surface area contributed by atoms with Crippen molar-refractivity contribution in [2.75, 3.05) is 5.12 Å². The van der Waals surface area contributed by atoms with E-state index in [-0.39, 0.29) is 16.7 Å². The Morgan fingerprint density at radius 1 is 0.912 bits per heavy atom. The number of hydrogen-bond donors (Lipinski definition) is 1. The van der Waals surface area contributed by atoms with Crippen LogP contribution in [0, 0.1) is 6.92 Å². The van der Waals surface area contributed by atoms with Gasteiger partial charge in [0.15, 0.2) is 5.75 Å². The molecule has 1 unspecified atom stereocenters. The Morgan fingerprint density at radius 3 is 2.53 bits per heavy atom. The van der Waals surface area contributed by atoms with Crippen molar-refractivity contribution in [2.24, 2.45) is 5.10 Å². The minimum absolute atomic E-state index is 0.100. The first kappa shape index (κ1) is 20.7. The van der Waals surface area contributed by atoms with Gasteiger partial charge in [0.2, 0.25) is 0 Å². The summed E-state index contributed by atoms with van der Waals surface area (Å²) >= 11 is 0. The lowest BCUT2D eigenvalue weighted by atomic mass is 9.93. The second-order valence-electron chi connectivity index (χ2n) is 8.33. The third-order valence-electron chi connectivity index (χ3n) is 6.05. The molecule has 0 radical (unpaired) electrons. The van der Waals surface area contributed by atoms with Gasteiger partial charge in [0.1, 0.15) is 10.6 Å². The Morgan fingerprint density at radius 2 is 1.68 bits per heavy atom. The van der Waals surface area contributed by atoms with Crippen LogP contribution in [0.25, 0.3) is 16.8 Å². The van der Waals surface area contributed by atoms with Crippen LogP contribution in [0.5, 0.6) is 5.75 Å². The Kier molecular flexibility index (Phi) is 4.76. The number of hydrazine groups is 1. The van der Waals surface area contributed by atoms with E-state index in [1.54, 1.807) is 35.4 Å². The van der Waals surface area contributed by atoms with Crippen LogP contribution in [0.4, 0.5) is 5.69 Å². The van der Waals surface area contributed by atoms with E-state index in [0.717, 1.165) is 33.2 Å². The fraction of sp³-hybridized carbons (Fsp3) is 0.0741. The van der Waals surface area contributed by atoms with Crippen molar-refractivity contribution in [1.82, 2.24) is 5.43 Å². The highest BCUT2D eigenvalue weighted by molar-refractivity contribution is 7.87. The molecule has 1 heterocycles. The van der Waals surface area contributed by atoms with Gasteiger partial charge in [-0.05, 0) is 36.1 Å². The second-order valence-corrected chi connectivity index (χ2v) is 9.88. The first-order chi connectivity index (χ1) is 16.5. The number of benzene rings is 4. The number of aryl methyl sites for hydroxylation is 1. The smallest absolute Gasteiger partial charge is 0.339 e. The van der Waals surface area contributed by atoms with Crippen LogP contribution in [0.3, 0.4) is 0 Å². The molecule has 0 saturated carbocycles. The molecule has 0 fully saturated rings. The van der Waals surface area contributed by atoms with E-state index in [1.165, 1.54) is 0 Å². The third kappa shape index (κ3) is 3.46. The van der Waals surface area contributed by atoms with Gasteiger partial charge in [-0.1, -0.05) is 84.4 Å². The van der Waals surface area contributed by atoms with E-state index in [2.05, 4.69) is 17.6 Å². The standard InChI is InChI=1S/C27H21N3O3S/c1-18-10-14-21(15-11-18)34(31,32)33-25-17-13-20-7-3-5-9-23(20)27(25)30-28-24-16-12-19-6-2-4-8-22(19)26(24)29-30/h2-17,24,28H,1H3. The van der Waals surface area contributed by atoms with E-state index in [4.69, 9.17) is 9.28 Å². The zero-order valence-electron chi connectivity index (χ0n) is 18.3. The molecule has 168 valence electrons. The van der Waals surface area contributed by atoms with Crippen LogP contribution in [0.2, 0.25) is 0 Å². The molecule has 0 spiro atoms. The Hall–Kier alpha value is -3.94. The number of nitrogens with one attached hydrogen (secondary N) is 1. The Bertz CT molecular complexity index is 1590. The SMILES string of the molecule is Cc1ccc(S(=O)(=O)Oc2ccc3ccccc3c2N2N=C3c4ccccc4C=CC3N2)cc1. The number of fused-ring (bicyclic) bond motifs is 4. The minimum Gasteiger partial charge on any atom is -0.377 e. The van der Waals surface area contributed by atoms with E-state index in [0.29, 0.717) is 5.69 Å². The van der Waals surface area contributed by atoms with Crippen molar-refractivity contribution in [1.29, 1.82) is 0 Å². The maximum atomic E-state index is 13.1. The molecule has 0 aromatic heterocycles. The summed E-state index contributed by atoms with van der Waals surface area (Å²) in [6.07, 6.45) is 4.12. The van der Waals surface area contributed by atoms with Gasteiger partial charge in [0.25, 0.3) is 0 Å². The van der Waals surface area contributed by atoms with Gasteiger partial charge in [0, 0.05) is 10.9 Å². The summed E-state index contributed by atoms with van der Waals surface area (Å²) in [5.74, 6) is 0.201.